The zero-order chi connectivity index (χ0) is 51.3. The Bertz CT molecular complexity index is 1260. The standard InChI is InChI=1S/C66H118O5/c1-3-5-7-9-11-13-15-17-19-21-23-25-27-29-31-32-33-34-35-37-39-41-43-45-47-49-51-53-55-57-59-61-66(69)71-64(62-67)63-70-65(68)60-58-56-54-52-50-48-46-44-42-40-38-36-30-28-26-24-22-20-18-16-14-12-10-8-6-4-2/h5,7,11,13,17,19,23,25,29,31,33-34,64,67H,3-4,6,8-10,12,14-16,18,20-22,24,26-28,30,32,35-63H2,1-2H3/b7-5-,13-11-,19-17-,25-23-,31-29-,34-33-. The molecule has 0 radical (unpaired) electrons. The summed E-state index contributed by atoms with van der Waals surface area (Å²) in [5.74, 6) is -0.579. The van der Waals surface area contributed by atoms with Crippen molar-refractivity contribution in [2.75, 3.05) is 13.2 Å². The summed E-state index contributed by atoms with van der Waals surface area (Å²) in [5.41, 5.74) is 0. The fraction of sp³-hybridized carbons (Fsp3) is 0.788. The van der Waals surface area contributed by atoms with Crippen LogP contribution in [0.1, 0.15) is 316 Å². The average Bonchev–Trinajstić information content (AvgIpc) is 3.37. The third kappa shape index (κ3) is 59.8. The number of carbonyl (C=O) groups is 2. The number of esters is 2. The Hall–Kier alpha value is -2.66. The first kappa shape index (κ1) is 68.3. The summed E-state index contributed by atoms with van der Waals surface area (Å²) < 4.78 is 10.7. The van der Waals surface area contributed by atoms with Gasteiger partial charge in [-0.25, -0.2) is 0 Å². The number of carbonyl (C=O) groups excluding carboxylic acids is 2. The second-order valence-electron chi connectivity index (χ2n) is 20.8. The lowest BCUT2D eigenvalue weighted by Crippen LogP contribution is -2.28. The second-order valence-corrected chi connectivity index (χ2v) is 20.8. The molecule has 0 aliphatic heterocycles. The summed E-state index contributed by atoms with van der Waals surface area (Å²) in [6.07, 6.45) is 84.7. The molecule has 0 bridgehead atoms. The SMILES string of the molecule is CC/C=C\C/C=C\C/C=C\C/C=C\C/C=C\C/C=C\CCCCCCCCCCCCCCC(=O)OC(CO)COC(=O)CCCCCCCCCCCCCCCCCCCCCCCCCCCC. The van der Waals surface area contributed by atoms with Crippen molar-refractivity contribution >= 4 is 11.9 Å². The predicted molar refractivity (Wildman–Crippen MR) is 311 cm³/mol. The van der Waals surface area contributed by atoms with E-state index in [1.165, 1.54) is 212 Å². The van der Waals surface area contributed by atoms with E-state index in [0.717, 1.165) is 77.0 Å². The Kier molecular flexibility index (Phi) is 59.3. The first-order valence-electron chi connectivity index (χ1n) is 31.0. The van der Waals surface area contributed by atoms with Crippen molar-refractivity contribution in [2.24, 2.45) is 0 Å². The molecule has 0 aromatic carbocycles. The van der Waals surface area contributed by atoms with E-state index in [2.05, 4.69) is 86.8 Å². The number of rotatable bonds is 57. The van der Waals surface area contributed by atoms with Crippen LogP contribution in [0.2, 0.25) is 0 Å². The maximum Gasteiger partial charge on any atom is 0.306 e. The van der Waals surface area contributed by atoms with E-state index in [9.17, 15) is 14.7 Å². The molecule has 412 valence electrons. The topological polar surface area (TPSA) is 72.8 Å². The molecule has 0 aliphatic rings. The van der Waals surface area contributed by atoms with Crippen LogP contribution in [0.15, 0.2) is 72.9 Å². The van der Waals surface area contributed by atoms with Gasteiger partial charge in [0.15, 0.2) is 6.10 Å². The van der Waals surface area contributed by atoms with Crippen LogP contribution < -0.4 is 0 Å². The smallest absolute Gasteiger partial charge is 0.306 e. The molecular weight excluding hydrogens is 873 g/mol. The Morgan fingerprint density at radius 1 is 0.338 bits per heavy atom. The van der Waals surface area contributed by atoms with Gasteiger partial charge in [-0.3, -0.25) is 9.59 Å². The number of hydrogen-bond acceptors (Lipinski definition) is 5. The highest BCUT2D eigenvalue weighted by Crippen LogP contribution is 2.18. The van der Waals surface area contributed by atoms with Gasteiger partial charge in [-0.05, 0) is 64.2 Å². The number of allylic oxidation sites excluding steroid dienone is 12. The number of aliphatic hydroxyl groups is 1. The van der Waals surface area contributed by atoms with Gasteiger partial charge in [0, 0.05) is 12.8 Å². The highest BCUT2D eigenvalue weighted by molar-refractivity contribution is 5.70. The molecule has 0 aromatic rings. The summed E-state index contributed by atoms with van der Waals surface area (Å²) >= 11 is 0. The van der Waals surface area contributed by atoms with E-state index in [4.69, 9.17) is 9.47 Å². The van der Waals surface area contributed by atoms with Crippen molar-refractivity contribution in [3.8, 4) is 0 Å². The number of unbranched alkanes of at least 4 members (excludes halogenated alkanes) is 37. The quantitative estimate of drug-likeness (QED) is 0.0373. The number of aliphatic hydroxyl groups excluding tert-OH is 1. The molecular formula is C66H118O5. The molecule has 0 aromatic heterocycles. The number of hydrogen-bond donors (Lipinski definition) is 1. The molecule has 1 unspecified atom stereocenters. The molecule has 0 saturated carbocycles. The fourth-order valence-corrected chi connectivity index (χ4v) is 9.15. The van der Waals surface area contributed by atoms with E-state index in [1.807, 2.05) is 0 Å². The van der Waals surface area contributed by atoms with Crippen LogP contribution >= 0.6 is 0 Å². The fourth-order valence-electron chi connectivity index (χ4n) is 9.15. The van der Waals surface area contributed by atoms with Crippen LogP contribution in [-0.4, -0.2) is 36.4 Å². The summed E-state index contributed by atoms with van der Waals surface area (Å²) in [5, 5.41) is 9.68. The Labute approximate surface area is 442 Å². The maximum atomic E-state index is 12.3. The third-order valence-corrected chi connectivity index (χ3v) is 13.8. The number of ether oxygens (including phenoxy) is 2. The molecule has 5 nitrogen and oxygen atoms in total. The van der Waals surface area contributed by atoms with E-state index in [-0.39, 0.29) is 25.2 Å². The first-order chi connectivity index (χ1) is 35.1. The van der Waals surface area contributed by atoms with E-state index in [0.29, 0.717) is 12.8 Å². The minimum absolute atomic E-state index is 0.0646. The molecule has 5 heteroatoms. The van der Waals surface area contributed by atoms with Gasteiger partial charge in [0.25, 0.3) is 0 Å². The summed E-state index contributed by atoms with van der Waals surface area (Å²) in [4.78, 5) is 24.6. The molecule has 71 heavy (non-hydrogen) atoms. The monoisotopic (exact) mass is 991 g/mol. The third-order valence-electron chi connectivity index (χ3n) is 13.8. The molecule has 1 atom stereocenters. The molecule has 0 aliphatic carbocycles. The largest absolute Gasteiger partial charge is 0.462 e. The molecule has 0 amide bonds. The Morgan fingerprint density at radius 2 is 0.606 bits per heavy atom. The highest BCUT2D eigenvalue weighted by Gasteiger charge is 2.16. The van der Waals surface area contributed by atoms with Crippen LogP contribution in [0.4, 0.5) is 0 Å². The normalized spacial score (nSPS) is 12.7. The van der Waals surface area contributed by atoms with E-state index in [1.54, 1.807) is 0 Å². The van der Waals surface area contributed by atoms with Crippen molar-refractivity contribution in [1.29, 1.82) is 0 Å². The van der Waals surface area contributed by atoms with Gasteiger partial charge in [-0.15, -0.1) is 0 Å². The lowest BCUT2D eigenvalue weighted by atomic mass is 10.0. The molecule has 0 heterocycles. The highest BCUT2D eigenvalue weighted by atomic mass is 16.6. The van der Waals surface area contributed by atoms with Gasteiger partial charge in [-0.2, -0.15) is 0 Å². The zero-order valence-corrected chi connectivity index (χ0v) is 47.2. The zero-order valence-electron chi connectivity index (χ0n) is 47.2. The van der Waals surface area contributed by atoms with Crippen LogP contribution in [0.5, 0.6) is 0 Å². The minimum Gasteiger partial charge on any atom is -0.462 e. The lowest BCUT2D eigenvalue weighted by molar-refractivity contribution is -0.161. The van der Waals surface area contributed by atoms with Gasteiger partial charge < -0.3 is 14.6 Å². The molecule has 0 spiro atoms. The van der Waals surface area contributed by atoms with Crippen molar-refractivity contribution in [3.63, 3.8) is 0 Å². The van der Waals surface area contributed by atoms with E-state index >= 15 is 0 Å². The molecule has 0 saturated heterocycles. The minimum atomic E-state index is -0.775. The first-order valence-corrected chi connectivity index (χ1v) is 31.0. The van der Waals surface area contributed by atoms with Crippen molar-refractivity contribution in [2.45, 2.75) is 322 Å². The Balaban J connectivity index is 3.46. The second kappa shape index (κ2) is 61.6. The van der Waals surface area contributed by atoms with Gasteiger partial charge >= 0.3 is 11.9 Å². The molecule has 0 rings (SSSR count). The van der Waals surface area contributed by atoms with Crippen LogP contribution in [0, 0.1) is 0 Å². The summed E-state index contributed by atoms with van der Waals surface area (Å²) in [6.45, 7) is 4.07. The predicted octanol–water partition coefficient (Wildman–Crippen LogP) is 21.1. The summed E-state index contributed by atoms with van der Waals surface area (Å²) in [6, 6.07) is 0. The Morgan fingerprint density at radius 3 is 0.915 bits per heavy atom. The lowest BCUT2D eigenvalue weighted by Gasteiger charge is -2.15. The van der Waals surface area contributed by atoms with Crippen molar-refractivity contribution < 1.29 is 24.2 Å². The van der Waals surface area contributed by atoms with Gasteiger partial charge in [-0.1, -0.05) is 311 Å². The van der Waals surface area contributed by atoms with Crippen LogP contribution in [0.25, 0.3) is 0 Å². The summed E-state index contributed by atoms with van der Waals surface area (Å²) in [7, 11) is 0. The van der Waals surface area contributed by atoms with Crippen molar-refractivity contribution in [1.82, 2.24) is 0 Å². The van der Waals surface area contributed by atoms with Gasteiger partial charge in [0.1, 0.15) is 6.61 Å². The maximum absolute atomic E-state index is 12.3. The van der Waals surface area contributed by atoms with Crippen LogP contribution in [-0.2, 0) is 19.1 Å². The van der Waals surface area contributed by atoms with Crippen LogP contribution in [0.3, 0.4) is 0 Å². The van der Waals surface area contributed by atoms with Crippen molar-refractivity contribution in [3.05, 3.63) is 72.9 Å². The molecule has 1 N–H and O–H groups in total. The van der Waals surface area contributed by atoms with Gasteiger partial charge in [0.05, 0.1) is 6.61 Å². The average molecular weight is 992 g/mol. The van der Waals surface area contributed by atoms with E-state index < -0.39 is 6.10 Å². The van der Waals surface area contributed by atoms with Gasteiger partial charge in [0.2, 0.25) is 0 Å². The molecule has 0 fully saturated rings.